The van der Waals surface area contributed by atoms with Gasteiger partial charge in [0.2, 0.25) is 0 Å². The molecule has 67 heavy (non-hydrogen) atoms. The molecule has 0 saturated carbocycles. The highest BCUT2D eigenvalue weighted by molar-refractivity contribution is 6.34. The number of H-pyrrole nitrogens is 2. The number of pyridine rings is 2. The van der Waals surface area contributed by atoms with E-state index in [4.69, 9.17) is 25.8 Å². The Kier molecular flexibility index (Phi) is 10.5. The van der Waals surface area contributed by atoms with Crippen molar-refractivity contribution < 1.29 is 18.8 Å². The summed E-state index contributed by atoms with van der Waals surface area (Å²) in [4.78, 5) is 64.4. The Morgan fingerprint density at radius 3 is 2.25 bits per heavy atom. The number of nitrogens with zero attached hydrogens (tertiary/aromatic N) is 9. The second-order valence-corrected chi connectivity index (χ2v) is 18.0. The molecule has 7 heterocycles. The maximum atomic E-state index is 15.9. The number of carbonyl (C=O) groups excluding carboxylic acids is 3. The SMILES string of the molecule is Cc1cc(-c2c(Cn3cc(-c4nc5c(-c6ccc(CN7CCc8cc(C(C)(C)C)ccc8C7=O)c(F)c6)ccnc5[nH]4)cn3)cnc3[nH]c(-c4cnn(C)c4)nc23)ccc1CNC(=O)C(N)=O. The molecule has 16 nitrogen and oxygen atoms in total. The van der Waals surface area contributed by atoms with Gasteiger partial charge in [0.05, 0.1) is 30.1 Å². The quantitative estimate of drug-likeness (QED) is 0.105. The molecule has 0 bridgehead atoms. The summed E-state index contributed by atoms with van der Waals surface area (Å²) in [6.07, 6.45) is 11.4. The Morgan fingerprint density at radius 2 is 1.52 bits per heavy atom. The number of halogens is 1. The number of nitrogens with one attached hydrogen (secondary N) is 3. The molecule has 1 aliphatic rings. The van der Waals surface area contributed by atoms with Crippen LogP contribution in [-0.2, 0) is 48.1 Å². The molecule has 5 N–H and O–H groups in total. The number of hydrogen-bond donors (Lipinski definition) is 4. The van der Waals surface area contributed by atoms with Gasteiger partial charge in [-0.1, -0.05) is 63.2 Å². The molecule has 10 rings (SSSR count). The van der Waals surface area contributed by atoms with Crippen LogP contribution >= 0.6 is 0 Å². The van der Waals surface area contributed by atoms with Crippen molar-refractivity contribution >= 4 is 40.0 Å². The van der Waals surface area contributed by atoms with Crippen molar-refractivity contribution in [2.24, 2.45) is 12.8 Å². The average molecular weight is 896 g/mol. The van der Waals surface area contributed by atoms with E-state index >= 15 is 4.39 Å². The largest absolute Gasteiger partial charge is 0.361 e. The highest BCUT2D eigenvalue weighted by Gasteiger charge is 2.27. The molecule has 0 aliphatic carbocycles. The highest BCUT2D eigenvalue weighted by atomic mass is 19.1. The Labute approximate surface area is 383 Å². The molecular formula is C50H46FN13O3. The first kappa shape index (κ1) is 42.6. The van der Waals surface area contributed by atoms with E-state index in [1.165, 1.54) is 11.6 Å². The van der Waals surface area contributed by atoms with Gasteiger partial charge in [0.1, 0.15) is 28.5 Å². The lowest BCUT2D eigenvalue weighted by Gasteiger charge is -2.30. The van der Waals surface area contributed by atoms with Gasteiger partial charge in [0.25, 0.3) is 5.91 Å². The van der Waals surface area contributed by atoms with Crippen molar-refractivity contribution in [2.75, 3.05) is 6.54 Å². The first-order chi connectivity index (χ1) is 32.2. The zero-order valence-corrected chi connectivity index (χ0v) is 37.5. The van der Waals surface area contributed by atoms with Gasteiger partial charge < -0.3 is 25.9 Å². The van der Waals surface area contributed by atoms with Crippen LogP contribution in [0.2, 0.25) is 0 Å². The number of nitrogens with two attached hydrogens (primary N) is 1. The molecule has 0 saturated heterocycles. The van der Waals surface area contributed by atoms with E-state index < -0.39 is 17.6 Å². The molecular weight excluding hydrogens is 850 g/mol. The summed E-state index contributed by atoms with van der Waals surface area (Å²) < 4.78 is 19.4. The summed E-state index contributed by atoms with van der Waals surface area (Å²) in [6.45, 7) is 9.54. The van der Waals surface area contributed by atoms with E-state index in [-0.39, 0.29) is 24.4 Å². The Hall–Kier alpha value is -8.34. The lowest BCUT2D eigenvalue weighted by Crippen LogP contribution is -2.37. The third-order valence-electron chi connectivity index (χ3n) is 12.4. The number of imidazole rings is 2. The number of aryl methyl sites for hydroxylation is 2. The number of aromatic nitrogens is 10. The fourth-order valence-electron chi connectivity index (χ4n) is 8.66. The van der Waals surface area contributed by atoms with Gasteiger partial charge in [-0.3, -0.25) is 23.7 Å². The van der Waals surface area contributed by atoms with E-state index in [2.05, 4.69) is 52.2 Å². The molecule has 336 valence electrons. The van der Waals surface area contributed by atoms with Crippen molar-refractivity contribution in [3.63, 3.8) is 0 Å². The van der Waals surface area contributed by atoms with Crippen LogP contribution in [0.4, 0.5) is 4.39 Å². The summed E-state index contributed by atoms with van der Waals surface area (Å²) in [5, 5.41) is 11.6. The van der Waals surface area contributed by atoms with Gasteiger partial charge in [-0.25, -0.2) is 24.3 Å². The molecule has 0 fully saturated rings. The maximum absolute atomic E-state index is 15.9. The zero-order valence-electron chi connectivity index (χ0n) is 37.5. The van der Waals surface area contributed by atoms with Crippen molar-refractivity contribution in [1.82, 2.24) is 59.7 Å². The van der Waals surface area contributed by atoms with E-state index in [1.807, 2.05) is 68.8 Å². The fourth-order valence-corrected chi connectivity index (χ4v) is 8.66. The van der Waals surface area contributed by atoms with Crippen LogP contribution in [0.5, 0.6) is 0 Å². The summed E-state index contributed by atoms with van der Waals surface area (Å²) in [5.41, 5.74) is 17.9. The smallest absolute Gasteiger partial charge is 0.309 e. The minimum atomic E-state index is -1.05. The first-order valence-electron chi connectivity index (χ1n) is 21.8. The van der Waals surface area contributed by atoms with E-state index in [1.54, 1.807) is 45.1 Å². The number of carbonyl (C=O) groups is 3. The number of primary amides is 1. The molecule has 6 aromatic heterocycles. The standard InChI is InChI=1S/C50H46FN13O3/c1-27-16-30(7-8-31(27)19-55-48(66)43(52)65)40-33(20-54-47-42(40)59-44(61-47)34-21-56-62(5)23-34)25-64-26-35(22-57-64)45-58-41-37(12-14-53-46(41)60-45)28-6-9-32(39(51)18-28)24-63-15-13-29-17-36(50(2,3)4)10-11-38(29)49(63)67/h6-12,14,16-18,20-23,26H,13,15,19,24-25H2,1-5H3,(H2,52,65)(H,55,66)(H,53,58,60)(H,54,59,61). The molecule has 0 radical (unpaired) electrons. The van der Waals surface area contributed by atoms with Crippen molar-refractivity contribution in [3.05, 3.63) is 143 Å². The molecule has 9 aromatic rings. The maximum Gasteiger partial charge on any atom is 0.309 e. The second kappa shape index (κ2) is 16.6. The van der Waals surface area contributed by atoms with Crippen LogP contribution in [-0.4, -0.2) is 78.6 Å². The monoisotopic (exact) mass is 895 g/mol. The second-order valence-electron chi connectivity index (χ2n) is 18.0. The van der Waals surface area contributed by atoms with E-state index in [0.29, 0.717) is 81.3 Å². The number of rotatable bonds is 10. The van der Waals surface area contributed by atoms with Gasteiger partial charge in [0.15, 0.2) is 11.3 Å². The van der Waals surface area contributed by atoms with Gasteiger partial charge >= 0.3 is 11.8 Å². The summed E-state index contributed by atoms with van der Waals surface area (Å²) in [5.74, 6) is -1.25. The normalized spacial score (nSPS) is 12.9. The van der Waals surface area contributed by atoms with Crippen LogP contribution in [0.15, 0.2) is 97.8 Å². The van der Waals surface area contributed by atoms with Gasteiger partial charge in [-0.2, -0.15) is 10.2 Å². The van der Waals surface area contributed by atoms with Crippen LogP contribution in [0.1, 0.15) is 64.5 Å². The van der Waals surface area contributed by atoms with Crippen LogP contribution < -0.4 is 11.1 Å². The third kappa shape index (κ3) is 8.19. The van der Waals surface area contributed by atoms with E-state index in [9.17, 15) is 14.4 Å². The first-order valence-corrected chi connectivity index (χ1v) is 21.8. The topological polar surface area (TPSA) is 211 Å². The lowest BCUT2D eigenvalue weighted by atomic mass is 9.84. The number of hydrogen-bond acceptors (Lipinski definition) is 9. The Balaban J connectivity index is 0.913. The fraction of sp³-hybridized carbons (Fsp3) is 0.220. The van der Waals surface area contributed by atoms with Gasteiger partial charge in [-0.15, -0.1) is 0 Å². The molecule has 0 spiro atoms. The van der Waals surface area contributed by atoms with Crippen molar-refractivity contribution in [1.29, 1.82) is 0 Å². The predicted molar refractivity (Wildman–Crippen MR) is 250 cm³/mol. The zero-order chi connectivity index (χ0) is 46.7. The van der Waals surface area contributed by atoms with Gasteiger partial charge in [-0.05, 0) is 70.3 Å². The summed E-state index contributed by atoms with van der Waals surface area (Å²) in [6, 6.07) is 18.8. The van der Waals surface area contributed by atoms with Crippen molar-refractivity contribution in [3.8, 4) is 45.0 Å². The number of benzene rings is 3. The summed E-state index contributed by atoms with van der Waals surface area (Å²) in [7, 11) is 1.84. The molecule has 1 aliphatic heterocycles. The Morgan fingerprint density at radius 1 is 0.791 bits per heavy atom. The number of aromatic amines is 2. The number of fused-ring (bicyclic) bond motifs is 3. The average Bonchev–Trinajstić information content (AvgIpc) is 4.13. The minimum Gasteiger partial charge on any atom is -0.361 e. The minimum absolute atomic E-state index is 0.0200. The summed E-state index contributed by atoms with van der Waals surface area (Å²) >= 11 is 0. The molecule has 17 heteroatoms. The molecule has 3 aromatic carbocycles. The van der Waals surface area contributed by atoms with Crippen molar-refractivity contribution in [2.45, 2.75) is 59.2 Å². The molecule has 3 amide bonds. The highest BCUT2D eigenvalue weighted by Crippen LogP contribution is 2.35. The van der Waals surface area contributed by atoms with Gasteiger partial charge in [0, 0.05) is 79.3 Å². The lowest BCUT2D eigenvalue weighted by molar-refractivity contribution is -0.137. The third-order valence-corrected chi connectivity index (χ3v) is 12.4. The molecule has 0 unspecified atom stereocenters. The van der Waals surface area contributed by atoms with E-state index in [0.717, 1.165) is 38.9 Å². The van der Waals surface area contributed by atoms with Crippen LogP contribution in [0, 0.1) is 12.7 Å². The molecule has 0 atom stereocenters. The Bertz CT molecular complexity index is 3450. The van der Waals surface area contributed by atoms with Crippen LogP contribution in [0.25, 0.3) is 67.4 Å². The van der Waals surface area contributed by atoms with Crippen LogP contribution in [0.3, 0.4) is 0 Å². The number of amides is 3. The predicted octanol–water partition coefficient (Wildman–Crippen LogP) is 6.92.